The number of fused-ring (bicyclic) bond motifs is 2. The van der Waals surface area contributed by atoms with Crippen LogP contribution in [-0.2, 0) is 17.6 Å². The molecular formula is C14H14N2O. The fourth-order valence-corrected chi connectivity index (χ4v) is 2.53. The Morgan fingerprint density at radius 1 is 1.29 bits per heavy atom. The summed E-state index contributed by atoms with van der Waals surface area (Å²) in [5.74, 6) is -0.0181. The number of carbonyl (C=O) groups is 1. The molecule has 3 heteroatoms. The third-order valence-electron chi connectivity index (χ3n) is 3.22. The normalized spacial score (nSPS) is 13.7. The fraction of sp³-hybridized carbons (Fsp3) is 0.286. The van der Waals surface area contributed by atoms with Crippen molar-refractivity contribution in [3.63, 3.8) is 0 Å². The molecule has 1 aliphatic rings. The van der Waals surface area contributed by atoms with Crippen molar-refractivity contribution in [3.05, 3.63) is 35.5 Å². The number of benzene rings is 1. The molecule has 0 bridgehead atoms. The Bertz CT molecular complexity index is 604. The molecule has 0 spiro atoms. The van der Waals surface area contributed by atoms with Crippen LogP contribution in [0.15, 0.2) is 24.3 Å². The minimum Gasteiger partial charge on any atom is -0.325 e. The average Bonchev–Trinajstić information content (AvgIpc) is 2.76. The molecule has 0 saturated heterocycles. The summed E-state index contributed by atoms with van der Waals surface area (Å²) in [6.45, 7) is 1.55. The Labute approximate surface area is 99.9 Å². The van der Waals surface area contributed by atoms with E-state index in [0.717, 1.165) is 41.5 Å². The summed E-state index contributed by atoms with van der Waals surface area (Å²) in [5.41, 5.74) is 4.30. The average molecular weight is 226 g/mol. The number of pyridine rings is 1. The highest BCUT2D eigenvalue weighted by Gasteiger charge is 2.19. The van der Waals surface area contributed by atoms with Gasteiger partial charge >= 0.3 is 0 Å². The maximum absolute atomic E-state index is 11.3. The molecule has 3 rings (SSSR count). The Hall–Kier alpha value is -1.90. The number of hydrogen-bond acceptors (Lipinski definition) is 2. The lowest BCUT2D eigenvalue weighted by Crippen LogP contribution is -2.09. The van der Waals surface area contributed by atoms with Crippen LogP contribution >= 0.6 is 0 Å². The lowest BCUT2D eigenvalue weighted by atomic mass is 10.1. The largest absolute Gasteiger partial charge is 0.325 e. The van der Waals surface area contributed by atoms with E-state index in [1.807, 2.05) is 24.3 Å². The van der Waals surface area contributed by atoms with Gasteiger partial charge in [-0.25, -0.2) is 0 Å². The number of carbonyl (C=O) groups excluding carboxylic acids is 1. The first-order valence-electron chi connectivity index (χ1n) is 5.94. The van der Waals surface area contributed by atoms with Gasteiger partial charge in [0, 0.05) is 18.0 Å². The zero-order chi connectivity index (χ0) is 11.8. The molecule has 0 saturated carbocycles. The van der Waals surface area contributed by atoms with Gasteiger partial charge in [0.25, 0.3) is 0 Å². The van der Waals surface area contributed by atoms with Crippen LogP contribution in [0.1, 0.15) is 24.6 Å². The van der Waals surface area contributed by atoms with E-state index >= 15 is 0 Å². The number of anilines is 1. The van der Waals surface area contributed by atoms with Crippen molar-refractivity contribution in [2.75, 3.05) is 5.32 Å². The molecule has 1 heterocycles. The molecule has 1 aromatic carbocycles. The second kappa shape index (κ2) is 3.84. The van der Waals surface area contributed by atoms with Crippen molar-refractivity contribution < 1.29 is 4.79 Å². The van der Waals surface area contributed by atoms with Crippen molar-refractivity contribution in [1.29, 1.82) is 0 Å². The van der Waals surface area contributed by atoms with Crippen LogP contribution < -0.4 is 5.32 Å². The van der Waals surface area contributed by atoms with Crippen LogP contribution in [0.4, 0.5) is 5.69 Å². The van der Waals surface area contributed by atoms with Gasteiger partial charge in [-0.3, -0.25) is 9.78 Å². The van der Waals surface area contributed by atoms with Gasteiger partial charge in [0.15, 0.2) is 0 Å². The molecule has 0 radical (unpaired) electrons. The van der Waals surface area contributed by atoms with Crippen molar-refractivity contribution in [3.8, 4) is 0 Å². The van der Waals surface area contributed by atoms with Crippen molar-refractivity contribution in [1.82, 2.24) is 4.98 Å². The second-order valence-electron chi connectivity index (χ2n) is 4.46. The van der Waals surface area contributed by atoms with E-state index in [1.54, 1.807) is 6.92 Å². The smallest absolute Gasteiger partial charge is 0.221 e. The highest BCUT2D eigenvalue weighted by Crippen LogP contribution is 2.33. The Morgan fingerprint density at radius 2 is 2.12 bits per heavy atom. The number of amides is 1. The number of para-hydroxylation sites is 1. The molecule has 0 fully saturated rings. The monoisotopic (exact) mass is 226 g/mol. The van der Waals surface area contributed by atoms with Gasteiger partial charge in [-0.1, -0.05) is 18.2 Å². The Morgan fingerprint density at radius 3 is 2.94 bits per heavy atom. The molecule has 86 valence electrons. The molecule has 1 aliphatic carbocycles. The zero-order valence-corrected chi connectivity index (χ0v) is 9.79. The summed E-state index contributed by atoms with van der Waals surface area (Å²) in [5, 5.41) is 4.01. The van der Waals surface area contributed by atoms with Crippen molar-refractivity contribution in [2.45, 2.75) is 26.2 Å². The van der Waals surface area contributed by atoms with Gasteiger partial charge < -0.3 is 5.32 Å². The number of nitrogens with zero attached hydrogens (tertiary/aromatic N) is 1. The van der Waals surface area contributed by atoms with E-state index in [1.165, 1.54) is 5.56 Å². The van der Waals surface area contributed by atoms with Gasteiger partial charge in [-0.2, -0.15) is 0 Å². The SMILES string of the molecule is CC(=O)Nc1c2c(nc3ccccc13)CCC2. The van der Waals surface area contributed by atoms with E-state index in [0.29, 0.717) is 0 Å². The van der Waals surface area contributed by atoms with Gasteiger partial charge in [0.2, 0.25) is 5.91 Å². The first-order valence-corrected chi connectivity index (χ1v) is 5.94. The quantitative estimate of drug-likeness (QED) is 0.812. The van der Waals surface area contributed by atoms with Crippen molar-refractivity contribution in [2.24, 2.45) is 0 Å². The zero-order valence-electron chi connectivity index (χ0n) is 9.79. The van der Waals surface area contributed by atoms with Gasteiger partial charge in [-0.05, 0) is 30.9 Å². The summed E-state index contributed by atoms with van der Waals surface area (Å²) in [6, 6.07) is 7.98. The lowest BCUT2D eigenvalue weighted by Gasteiger charge is -2.12. The molecule has 0 unspecified atom stereocenters. The highest BCUT2D eigenvalue weighted by atomic mass is 16.1. The molecular weight excluding hydrogens is 212 g/mol. The topological polar surface area (TPSA) is 42.0 Å². The van der Waals surface area contributed by atoms with Crippen LogP contribution in [-0.4, -0.2) is 10.9 Å². The maximum atomic E-state index is 11.3. The first-order chi connectivity index (χ1) is 8.25. The predicted molar refractivity (Wildman–Crippen MR) is 68.1 cm³/mol. The first kappa shape index (κ1) is 10.3. The second-order valence-corrected chi connectivity index (χ2v) is 4.46. The summed E-state index contributed by atoms with van der Waals surface area (Å²) < 4.78 is 0. The van der Waals surface area contributed by atoms with E-state index in [4.69, 9.17) is 0 Å². The molecule has 17 heavy (non-hydrogen) atoms. The fourth-order valence-electron chi connectivity index (χ4n) is 2.53. The molecule has 0 aliphatic heterocycles. The van der Waals surface area contributed by atoms with E-state index in [2.05, 4.69) is 10.3 Å². The molecule has 1 N–H and O–H groups in total. The lowest BCUT2D eigenvalue weighted by molar-refractivity contribution is -0.114. The van der Waals surface area contributed by atoms with Gasteiger partial charge in [-0.15, -0.1) is 0 Å². The number of hydrogen-bond donors (Lipinski definition) is 1. The van der Waals surface area contributed by atoms with Crippen LogP contribution in [0.2, 0.25) is 0 Å². The van der Waals surface area contributed by atoms with E-state index in [-0.39, 0.29) is 5.91 Å². The highest BCUT2D eigenvalue weighted by molar-refractivity contribution is 6.01. The third kappa shape index (κ3) is 1.68. The Kier molecular flexibility index (Phi) is 2.32. The van der Waals surface area contributed by atoms with E-state index in [9.17, 15) is 4.79 Å². The summed E-state index contributed by atoms with van der Waals surface area (Å²) >= 11 is 0. The number of aryl methyl sites for hydroxylation is 1. The number of rotatable bonds is 1. The third-order valence-corrected chi connectivity index (χ3v) is 3.22. The number of aromatic nitrogens is 1. The van der Waals surface area contributed by atoms with Crippen LogP contribution in [0.5, 0.6) is 0 Å². The van der Waals surface area contributed by atoms with E-state index < -0.39 is 0 Å². The summed E-state index contributed by atoms with van der Waals surface area (Å²) in [4.78, 5) is 16.0. The van der Waals surface area contributed by atoms with Crippen molar-refractivity contribution >= 4 is 22.5 Å². The minimum absolute atomic E-state index is 0.0181. The summed E-state index contributed by atoms with van der Waals surface area (Å²) in [6.07, 6.45) is 3.17. The van der Waals surface area contributed by atoms with Gasteiger partial charge in [0.05, 0.1) is 11.2 Å². The van der Waals surface area contributed by atoms with Gasteiger partial charge in [0.1, 0.15) is 0 Å². The Balaban J connectivity index is 2.31. The molecule has 1 aromatic heterocycles. The standard InChI is InChI=1S/C14H14N2O/c1-9(17)15-14-10-5-2-3-7-12(10)16-13-8-4-6-11(13)14/h2-3,5,7H,4,6,8H2,1H3,(H,15,16,17). The molecule has 3 nitrogen and oxygen atoms in total. The molecule has 0 atom stereocenters. The molecule has 1 amide bonds. The summed E-state index contributed by atoms with van der Waals surface area (Å²) in [7, 11) is 0. The molecule has 2 aromatic rings. The predicted octanol–water partition coefficient (Wildman–Crippen LogP) is 2.68. The maximum Gasteiger partial charge on any atom is 0.221 e. The minimum atomic E-state index is -0.0181. The van der Waals surface area contributed by atoms with Crippen LogP contribution in [0.3, 0.4) is 0 Å². The van der Waals surface area contributed by atoms with Crippen LogP contribution in [0, 0.1) is 0 Å². The number of nitrogens with one attached hydrogen (secondary N) is 1. The van der Waals surface area contributed by atoms with Crippen LogP contribution in [0.25, 0.3) is 10.9 Å².